The Morgan fingerprint density at radius 2 is 1.45 bits per heavy atom. The molecule has 1 aromatic heterocycles. The van der Waals surface area contributed by atoms with E-state index in [1.807, 2.05) is 42.1 Å². The standard InChI is InChI=1S/C23H27NO9/c1-12(25)29-11-19-21(30-13(2)26)23(32-15(4)28)22(31-14(3)27)20(33-19)17-6-7-18-16(10-17)8-9-24(18)5/h6-10,19-23H,11H2,1-5H3/t19-,20-,21-,22-,23+/m1/s1. The van der Waals surface area contributed by atoms with E-state index in [-0.39, 0.29) is 6.61 Å². The lowest BCUT2D eigenvalue weighted by Gasteiger charge is -2.44. The van der Waals surface area contributed by atoms with E-state index in [4.69, 9.17) is 23.7 Å². The van der Waals surface area contributed by atoms with Crippen molar-refractivity contribution in [3.05, 3.63) is 36.0 Å². The van der Waals surface area contributed by atoms with Gasteiger partial charge in [0, 0.05) is 46.5 Å². The van der Waals surface area contributed by atoms with Crippen molar-refractivity contribution in [2.45, 2.75) is 58.2 Å². The van der Waals surface area contributed by atoms with Crippen molar-refractivity contribution in [3.63, 3.8) is 0 Å². The Morgan fingerprint density at radius 3 is 2.06 bits per heavy atom. The second kappa shape index (κ2) is 10.0. The molecule has 178 valence electrons. The third-order valence-electron chi connectivity index (χ3n) is 5.23. The van der Waals surface area contributed by atoms with E-state index in [2.05, 4.69) is 0 Å². The molecule has 1 fully saturated rings. The maximum absolute atomic E-state index is 12.0. The van der Waals surface area contributed by atoms with Crippen molar-refractivity contribution in [2.24, 2.45) is 7.05 Å². The monoisotopic (exact) mass is 461 g/mol. The van der Waals surface area contributed by atoms with E-state index in [0.717, 1.165) is 10.9 Å². The zero-order valence-corrected chi connectivity index (χ0v) is 19.1. The number of hydrogen-bond acceptors (Lipinski definition) is 9. The number of esters is 4. The highest BCUT2D eigenvalue weighted by Crippen LogP contribution is 2.38. The molecule has 3 rings (SSSR count). The van der Waals surface area contributed by atoms with E-state index < -0.39 is 54.4 Å². The van der Waals surface area contributed by atoms with Crippen LogP contribution in [0.2, 0.25) is 0 Å². The summed E-state index contributed by atoms with van der Waals surface area (Å²) in [6.45, 7) is 4.56. The van der Waals surface area contributed by atoms with E-state index >= 15 is 0 Å². The molecule has 2 aromatic rings. The Morgan fingerprint density at radius 1 is 0.848 bits per heavy atom. The number of benzene rings is 1. The van der Waals surface area contributed by atoms with E-state index in [9.17, 15) is 19.2 Å². The molecule has 1 aliphatic rings. The number of rotatable bonds is 6. The maximum atomic E-state index is 12.0. The fraction of sp³-hybridized carbons (Fsp3) is 0.478. The lowest BCUT2D eigenvalue weighted by atomic mass is 9.90. The van der Waals surface area contributed by atoms with Gasteiger partial charge in [0.1, 0.15) is 18.8 Å². The predicted octanol–water partition coefficient (Wildman–Crippen LogP) is 1.98. The summed E-state index contributed by atoms with van der Waals surface area (Å²) in [5, 5.41) is 0.919. The van der Waals surface area contributed by atoms with E-state index in [1.165, 1.54) is 27.7 Å². The lowest BCUT2D eigenvalue weighted by Crippen LogP contribution is -2.59. The third kappa shape index (κ3) is 5.70. The first-order chi connectivity index (χ1) is 15.6. The average Bonchev–Trinajstić information content (AvgIpc) is 3.08. The summed E-state index contributed by atoms with van der Waals surface area (Å²) in [6, 6.07) is 7.49. The summed E-state index contributed by atoms with van der Waals surface area (Å²) < 4.78 is 29.7. The van der Waals surface area contributed by atoms with Gasteiger partial charge in [0.2, 0.25) is 0 Å². The van der Waals surface area contributed by atoms with Crippen molar-refractivity contribution in [1.82, 2.24) is 4.57 Å². The molecule has 0 unspecified atom stereocenters. The van der Waals surface area contributed by atoms with Crippen molar-refractivity contribution in [1.29, 1.82) is 0 Å². The summed E-state index contributed by atoms with van der Waals surface area (Å²) >= 11 is 0. The molecule has 0 aliphatic carbocycles. The van der Waals surface area contributed by atoms with Crippen LogP contribution in [0.5, 0.6) is 0 Å². The van der Waals surface area contributed by atoms with Gasteiger partial charge in [-0.3, -0.25) is 19.2 Å². The van der Waals surface area contributed by atoms with Gasteiger partial charge in [-0.1, -0.05) is 6.07 Å². The summed E-state index contributed by atoms with van der Waals surface area (Å²) in [6.07, 6.45) is -3.46. The van der Waals surface area contributed by atoms with Crippen LogP contribution in [0.3, 0.4) is 0 Å². The van der Waals surface area contributed by atoms with Gasteiger partial charge < -0.3 is 28.3 Å². The Labute approximate surface area is 190 Å². The van der Waals surface area contributed by atoms with Crippen molar-refractivity contribution in [2.75, 3.05) is 6.61 Å². The molecule has 0 saturated carbocycles. The van der Waals surface area contributed by atoms with Crippen LogP contribution in [0.1, 0.15) is 39.4 Å². The summed E-state index contributed by atoms with van der Waals surface area (Å²) in [4.78, 5) is 47.2. The highest BCUT2D eigenvalue weighted by molar-refractivity contribution is 5.81. The maximum Gasteiger partial charge on any atom is 0.303 e. The molecular formula is C23H27NO9. The SMILES string of the molecule is CC(=O)OC[C@H]1O[C@H](c2ccc3c(ccn3C)c2)[C@@H](OC(C)=O)[C@@H](OC(C)=O)[C@@H]1OC(C)=O. The van der Waals surface area contributed by atoms with E-state index in [0.29, 0.717) is 5.56 Å². The minimum atomic E-state index is -1.19. The number of ether oxygens (including phenoxy) is 5. The van der Waals surface area contributed by atoms with Gasteiger partial charge in [-0.05, 0) is 29.1 Å². The Balaban J connectivity index is 2.08. The van der Waals surface area contributed by atoms with Gasteiger partial charge in [-0.25, -0.2) is 0 Å². The number of aromatic nitrogens is 1. The molecule has 5 atom stereocenters. The normalized spacial score (nSPS) is 24.7. The van der Waals surface area contributed by atoms with Crippen LogP contribution in [0.15, 0.2) is 30.5 Å². The van der Waals surface area contributed by atoms with Crippen LogP contribution in [-0.2, 0) is 49.9 Å². The van der Waals surface area contributed by atoms with Gasteiger partial charge >= 0.3 is 23.9 Å². The molecule has 33 heavy (non-hydrogen) atoms. The van der Waals surface area contributed by atoms with Gasteiger partial charge in [0.15, 0.2) is 18.3 Å². The molecule has 1 aromatic carbocycles. The van der Waals surface area contributed by atoms with Gasteiger partial charge in [0.05, 0.1) is 0 Å². The Kier molecular flexibility index (Phi) is 7.37. The molecule has 1 saturated heterocycles. The van der Waals surface area contributed by atoms with Crippen molar-refractivity contribution in [3.8, 4) is 0 Å². The summed E-state index contributed by atoms with van der Waals surface area (Å²) in [5.41, 5.74) is 1.62. The molecule has 0 bridgehead atoms. The topological polar surface area (TPSA) is 119 Å². The zero-order valence-electron chi connectivity index (χ0n) is 19.1. The highest BCUT2D eigenvalue weighted by atomic mass is 16.7. The second-order valence-corrected chi connectivity index (χ2v) is 7.86. The molecule has 2 heterocycles. The van der Waals surface area contributed by atoms with Crippen LogP contribution in [-0.4, -0.2) is 59.5 Å². The largest absolute Gasteiger partial charge is 0.463 e. The number of aryl methyl sites for hydroxylation is 1. The van der Waals surface area contributed by atoms with Gasteiger partial charge in [-0.15, -0.1) is 0 Å². The average molecular weight is 461 g/mol. The quantitative estimate of drug-likeness (QED) is 0.470. The second-order valence-electron chi connectivity index (χ2n) is 7.86. The number of fused-ring (bicyclic) bond motifs is 1. The highest BCUT2D eigenvalue weighted by Gasteiger charge is 2.52. The van der Waals surface area contributed by atoms with E-state index in [1.54, 1.807) is 0 Å². The van der Waals surface area contributed by atoms with Crippen LogP contribution < -0.4 is 0 Å². The molecule has 0 spiro atoms. The lowest BCUT2D eigenvalue weighted by molar-refractivity contribution is -0.254. The number of hydrogen-bond donors (Lipinski definition) is 0. The molecule has 10 heteroatoms. The first-order valence-electron chi connectivity index (χ1n) is 10.4. The molecule has 10 nitrogen and oxygen atoms in total. The smallest absolute Gasteiger partial charge is 0.303 e. The van der Waals surface area contributed by atoms with Gasteiger partial charge in [0.25, 0.3) is 0 Å². The Bertz CT molecular complexity index is 1060. The van der Waals surface area contributed by atoms with Crippen molar-refractivity contribution >= 4 is 34.8 Å². The minimum absolute atomic E-state index is 0.262. The first kappa shape index (κ1) is 24.2. The summed E-state index contributed by atoms with van der Waals surface area (Å²) in [7, 11) is 1.91. The van der Waals surface area contributed by atoms with Crippen LogP contribution >= 0.6 is 0 Å². The first-order valence-corrected chi connectivity index (χ1v) is 10.4. The third-order valence-corrected chi connectivity index (χ3v) is 5.23. The fourth-order valence-electron chi connectivity index (χ4n) is 3.97. The predicted molar refractivity (Wildman–Crippen MR) is 114 cm³/mol. The molecule has 0 radical (unpaired) electrons. The van der Waals surface area contributed by atoms with Crippen LogP contribution in [0, 0.1) is 0 Å². The van der Waals surface area contributed by atoms with Gasteiger partial charge in [-0.2, -0.15) is 0 Å². The molecule has 0 amide bonds. The molecular weight excluding hydrogens is 434 g/mol. The molecule has 1 aliphatic heterocycles. The number of carbonyl (C=O) groups excluding carboxylic acids is 4. The number of carbonyl (C=O) groups is 4. The van der Waals surface area contributed by atoms with Crippen LogP contribution in [0.25, 0.3) is 10.9 Å². The fourth-order valence-corrected chi connectivity index (χ4v) is 3.97. The Hall–Kier alpha value is -3.40. The van der Waals surface area contributed by atoms with Crippen molar-refractivity contribution < 1.29 is 42.9 Å². The zero-order chi connectivity index (χ0) is 24.3. The summed E-state index contributed by atoms with van der Waals surface area (Å²) in [5.74, 6) is -2.53. The number of nitrogens with zero attached hydrogens (tertiary/aromatic N) is 1. The van der Waals surface area contributed by atoms with Crippen LogP contribution in [0.4, 0.5) is 0 Å². The minimum Gasteiger partial charge on any atom is -0.463 e. The molecule has 0 N–H and O–H groups in total.